The summed E-state index contributed by atoms with van der Waals surface area (Å²) in [7, 11) is 1.63. The van der Waals surface area contributed by atoms with Gasteiger partial charge in [-0.2, -0.15) is 0 Å². The third kappa shape index (κ3) is 4.45. The maximum atomic E-state index is 14.6. The maximum Gasteiger partial charge on any atom is 0.223 e. The number of hydrogen-bond acceptors (Lipinski definition) is 7. The standard InChI is InChI=1S/C29H25FN6O/c1-37-25-13-7-12-24(17-25)36(29-32-19-21-9-3-5-15-27(21)34-29)35(23-11-6-10-22(30)16-23)28-31-18-20-8-2-4-14-26(20)33-28/h2-17H,18-19H2,1H3,(H,31,33)(H,32,34). The van der Waals surface area contributed by atoms with Gasteiger partial charge in [-0.15, -0.1) is 0 Å². The van der Waals surface area contributed by atoms with E-state index in [9.17, 15) is 4.39 Å². The first-order chi connectivity index (χ1) is 18.2. The number of nitrogens with one attached hydrogen (secondary N) is 2. The van der Waals surface area contributed by atoms with Crippen LogP contribution in [0.3, 0.4) is 0 Å². The molecule has 0 saturated heterocycles. The van der Waals surface area contributed by atoms with Gasteiger partial charge in [0.15, 0.2) is 0 Å². The zero-order chi connectivity index (χ0) is 25.2. The average molecular weight is 493 g/mol. The largest absolute Gasteiger partial charge is 0.497 e. The molecule has 7 nitrogen and oxygen atoms in total. The summed E-state index contributed by atoms with van der Waals surface area (Å²) in [4.78, 5) is 9.74. The van der Waals surface area contributed by atoms with Crippen molar-refractivity contribution in [2.45, 2.75) is 13.1 Å². The number of hydrogen-bond donors (Lipinski definition) is 2. The van der Waals surface area contributed by atoms with Crippen LogP contribution in [0.4, 0.5) is 27.1 Å². The van der Waals surface area contributed by atoms with E-state index in [0.717, 1.165) is 28.2 Å². The number of methoxy groups -OCH3 is 1. The topological polar surface area (TPSA) is 64.5 Å². The Morgan fingerprint density at radius 2 is 1.22 bits per heavy atom. The predicted molar refractivity (Wildman–Crippen MR) is 147 cm³/mol. The van der Waals surface area contributed by atoms with Crippen LogP contribution in [0, 0.1) is 5.82 Å². The van der Waals surface area contributed by atoms with E-state index in [4.69, 9.17) is 14.7 Å². The van der Waals surface area contributed by atoms with E-state index in [-0.39, 0.29) is 5.82 Å². The quantitative estimate of drug-likeness (QED) is 0.342. The highest BCUT2D eigenvalue weighted by molar-refractivity contribution is 6.17. The molecule has 2 heterocycles. The Kier molecular flexibility index (Phi) is 5.90. The van der Waals surface area contributed by atoms with Crippen LogP contribution in [0.1, 0.15) is 11.1 Å². The van der Waals surface area contributed by atoms with Gasteiger partial charge in [0.25, 0.3) is 0 Å². The van der Waals surface area contributed by atoms with Gasteiger partial charge >= 0.3 is 0 Å². The highest BCUT2D eigenvalue weighted by Crippen LogP contribution is 2.32. The number of rotatable bonds is 3. The van der Waals surface area contributed by atoms with Crippen molar-refractivity contribution < 1.29 is 9.13 Å². The van der Waals surface area contributed by atoms with Crippen LogP contribution in [0.5, 0.6) is 5.75 Å². The van der Waals surface area contributed by atoms with Gasteiger partial charge in [-0.1, -0.05) is 48.5 Å². The molecular weight excluding hydrogens is 467 g/mol. The summed E-state index contributed by atoms with van der Waals surface area (Å²) in [6.07, 6.45) is 0. The second kappa shape index (κ2) is 9.66. The first kappa shape index (κ1) is 22.6. The molecule has 0 fully saturated rings. The second-order valence-corrected chi connectivity index (χ2v) is 8.65. The van der Waals surface area contributed by atoms with Gasteiger partial charge in [0.1, 0.15) is 11.6 Å². The van der Waals surface area contributed by atoms with E-state index in [1.54, 1.807) is 13.2 Å². The molecule has 6 rings (SSSR count). The van der Waals surface area contributed by atoms with Gasteiger partial charge in [0.2, 0.25) is 11.9 Å². The number of guanidine groups is 2. The zero-order valence-electron chi connectivity index (χ0n) is 20.2. The Morgan fingerprint density at radius 1 is 0.676 bits per heavy atom. The third-order valence-corrected chi connectivity index (χ3v) is 6.28. The summed E-state index contributed by atoms with van der Waals surface area (Å²) >= 11 is 0. The van der Waals surface area contributed by atoms with Gasteiger partial charge in [0, 0.05) is 17.4 Å². The lowest BCUT2D eigenvalue weighted by Gasteiger charge is -2.40. The van der Waals surface area contributed by atoms with Crippen molar-refractivity contribution in [2.75, 3.05) is 27.8 Å². The lowest BCUT2D eigenvalue weighted by molar-refractivity contribution is 0.415. The highest BCUT2D eigenvalue weighted by atomic mass is 19.1. The van der Waals surface area contributed by atoms with Crippen LogP contribution in [0.15, 0.2) is 107 Å². The van der Waals surface area contributed by atoms with E-state index in [1.807, 2.05) is 88.9 Å². The molecule has 0 saturated carbocycles. The maximum absolute atomic E-state index is 14.6. The minimum Gasteiger partial charge on any atom is -0.497 e. The number of halogens is 1. The van der Waals surface area contributed by atoms with Crippen molar-refractivity contribution in [1.82, 2.24) is 0 Å². The zero-order valence-corrected chi connectivity index (χ0v) is 20.2. The molecule has 4 aromatic carbocycles. The van der Waals surface area contributed by atoms with Crippen LogP contribution in [0.25, 0.3) is 0 Å². The fourth-order valence-electron chi connectivity index (χ4n) is 4.46. The Morgan fingerprint density at radius 3 is 1.78 bits per heavy atom. The van der Waals surface area contributed by atoms with Crippen LogP contribution in [-0.2, 0) is 13.1 Å². The first-order valence-corrected chi connectivity index (χ1v) is 12.0. The minimum absolute atomic E-state index is 0.353. The minimum atomic E-state index is -0.353. The lowest BCUT2D eigenvalue weighted by Crippen LogP contribution is -2.56. The number of aliphatic imine (C=N–C) groups is 2. The van der Waals surface area contributed by atoms with Crippen LogP contribution in [0.2, 0.25) is 0 Å². The van der Waals surface area contributed by atoms with E-state index >= 15 is 0 Å². The molecule has 2 N–H and O–H groups in total. The van der Waals surface area contributed by atoms with Gasteiger partial charge in [-0.25, -0.2) is 24.4 Å². The normalized spacial score (nSPS) is 13.7. The van der Waals surface area contributed by atoms with Crippen LogP contribution < -0.4 is 25.4 Å². The van der Waals surface area contributed by atoms with Crippen molar-refractivity contribution in [3.8, 4) is 5.75 Å². The summed E-state index contributed by atoms with van der Waals surface area (Å²) in [5.74, 6) is 1.44. The number of para-hydroxylation sites is 2. The molecule has 0 radical (unpaired) electrons. The monoisotopic (exact) mass is 492 g/mol. The van der Waals surface area contributed by atoms with Crippen molar-refractivity contribution >= 4 is 34.7 Å². The van der Waals surface area contributed by atoms with E-state index in [0.29, 0.717) is 36.4 Å². The number of ether oxygens (including phenoxy) is 1. The number of benzene rings is 4. The van der Waals surface area contributed by atoms with Crippen molar-refractivity contribution in [1.29, 1.82) is 0 Å². The summed E-state index contributed by atoms with van der Waals surface area (Å²) in [5.41, 5.74) is 5.43. The van der Waals surface area contributed by atoms with E-state index in [2.05, 4.69) is 10.6 Å². The number of fused-ring (bicyclic) bond motifs is 2. The molecule has 4 aromatic rings. The molecule has 0 unspecified atom stereocenters. The molecule has 0 bridgehead atoms. The SMILES string of the molecule is COc1cccc(N(C2=NCc3ccccc3N2)N(C2=NCc3ccccc3N2)c2cccc(F)c2)c1. The molecule has 0 aromatic heterocycles. The molecule has 0 spiro atoms. The molecule has 0 aliphatic carbocycles. The fraction of sp³-hybridized carbons (Fsp3) is 0.103. The smallest absolute Gasteiger partial charge is 0.223 e. The molecule has 2 aliphatic rings. The third-order valence-electron chi connectivity index (χ3n) is 6.28. The fourth-order valence-corrected chi connectivity index (χ4v) is 4.46. The number of nitrogens with zero attached hydrogens (tertiary/aromatic N) is 4. The van der Waals surface area contributed by atoms with Crippen LogP contribution >= 0.6 is 0 Å². The summed E-state index contributed by atoms with van der Waals surface area (Å²) in [5, 5.41) is 10.7. The van der Waals surface area contributed by atoms with Crippen molar-refractivity contribution in [3.63, 3.8) is 0 Å². The number of hydrazine groups is 1. The molecule has 37 heavy (non-hydrogen) atoms. The van der Waals surface area contributed by atoms with Gasteiger partial charge in [0.05, 0.1) is 31.6 Å². The molecule has 184 valence electrons. The Bertz CT molecular complexity index is 1520. The Balaban J connectivity index is 1.52. The van der Waals surface area contributed by atoms with Crippen molar-refractivity contribution in [3.05, 3.63) is 114 Å². The van der Waals surface area contributed by atoms with Crippen molar-refractivity contribution in [2.24, 2.45) is 9.98 Å². The predicted octanol–water partition coefficient (Wildman–Crippen LogP) is 6.03. The number of anilines is 4. The summed E-state index contributed by atoms with van der Waals surface area (Å²) in [6, 6.07) is 30.2. The first-order valence-electron chi connectivity index (χ1n) is 12.0. The van der Waals surface area contributed by atoms with Crippen LogP contribution in [-0.4, -0.2) is 19.0 Å². The second-order valence-electron chi connectivity index (χ2n) is 8.65. The molecule has 2 aliphatic heterocycles. The van der Waals surface area contributed by atoms with Gasteiger partial charge in [-0.3, -0.25) is 0 Å². The van der Waals surface area contributed by atoms with Gasteiger partial charge in [-0.05, 0) is 53.6 Å². The van der Waals surface area contributed by atoms with Gasteiger partial charge < -0.3 is 15.4 Å². The lowest BCUT2D eigenvalue weighted by atomic mass is 10.1. The van der Waals surface area contributed by atoms with E-state index < -0.39 is 0 Å². The summed E-state index contributed by atoms with van der Waals surface area (Å²) in [6.45, 7) is 0.984. The average Bonchev–Trinajstić information content (AvgIpc) is 2.95. The highest BCUT2D eigenvalue weighted by Gasteiger charge is 2.31. The molecule has 8 heteroatoms. The molecular formula is C29H25FN6O. The Hall–Kier alpha value is -4.85. The summed E-state index contributed by atoms with van der Waals surface area (Å²) < 4.78 is 20.1. The Labute approximate surface area is 214 Å². The van der Waals surface area contributed by atoms with E-state index in [1.165, 1.54) is 12.1 Å². The molecule has 0 atom stereocenters. The molecule has 0 amide bonds.